The van der Waals surface area contributed by atoms with Crippen molar-refractivity contribution in [3.05, 3.63) is 29.8 Å². The SMILES string of the molecule is CCOC(=O)CCN(CC(C)C)C(=O)Cc1ccc(OC)cc1. The topological polar surface area (TPSA) is 55.8 Å². The summed E-state index contributed by atoms with van der Waals surface area (Å²) >= 11 is 0. The number of hydrogen-bond donors (Lipinski definition) is 0. The first kappa shape index (κ1) is 19.0. The zero-order valence-corrected chi connectivity index (χ0v) is 14.5. The van der Waals surface area contributed by atoms with Crippen LogP contribution in [0, 0.1) is 5.92 Å². The van der Waals surface area contributed by atoms with Gasteiger partial charge in [0.2, 0.25) is 5.91 Å². The number of carbonyl (C=O) groups is 2. The lowest BCUT2D eigenvalue weighted by Crippen LogP contribution is -2.37. The highest BCUT2D eigenvalue weighted by molar-refractivity contribution is 5.79. The Hall–Kier alpha value is -2.04. The zero-order valence-electron chi connectivity index (χ0n) is 14.5. The van der Waals surface area contributed by atoms with Crippen molar-refractivity contribution < 1.29 is 19.1 Å². The third-order valence-corrected chi connectivity index (χ3v) is 3.34. The van der Waals surface area contributed by atoms with Gasteiger partial charge in [-0.25, -0.2) is 0 Å². The number of benzene rings is 1. The molecule has 0 aliphatic heterocycles. The van der Waals surface area contributed by atoms with Gasteiger partial charge in [-0.05, 0) is 30.5 Å². The number of ether oxygens (including phenoxy) is 2. The number of methoxy groups -OCH3 is 1. The molecule has 0 saturated heterocycles. The minimum Gasteiger partial charge on any atom is -0.497 e. The molecule has 0 spiro atoms. The van der Waals surface area contributed by atoms with Crippen LogP contribution >= 0.6 is 0 Å². The second-order valence-corrected chi connectivity index (χ2v) is 5.81. The monoisotopic (exact) mass is 321 g/mol. The molecule has 128 valence electrons. The molecule has 0 saturated carbocycles. The Bertz CT molecular complexity index is 496. The van der Waals surface area contributed by atoms with Crippen LogP contribution in [0.2, 0.25) is 0 Å². The van der Waals surface area contributed by atoms with Crippen molar-refractivity contribution in [1.82, 2.24) is 4.90 Å². The lowest BCUT2D eigenvalue weighted by atomic mass is 10.1. The van der Waals surface area contributed by atoms with Crippen molar-refractivity contribution in [1.29, 1.82) is 0 Å². The summed E-state index contributed by atoms with van der Waals surface area (Å²) in [4.78, 5) is 25.8. The predicted octanol–water partition coefficient (Wildman–Crippen LogP) is 2.68. The fourth-order valence-electron chi connectivity index (χ4n) is 2.25. The maximum Gasteiger partial charge on any atom is 0.307 e. The third kappa shape index (κ3) is 7.17. The fraction of sp³-hybridized carbons (Fsp3) is 0.556. The molecule has 0 aliphatic rings. The van der Waals surface area contributed by atoms with Crippen LogP contribution in [-0.4, -0.2) is 43.6 Å². The highest BCUT2D eigenvalue weighted by Gasteiger charge is 2.17. The standard InChI is InChI=1S/C18H27NO4/c1-5-23-18(21)10-11-19(13-14(2)3)17(20)12-15-6-8-16(22-4)9-7-15/h6-9,14H,5,10-13H2,1-4H3. The summed E-state index contributed by atoms with van der Waals surface area (Å²) in [5.41, 5.74) is 0.931. The molecule has 1 aromatic carbocycles. The number of rotatable bonds is 9. The maximum absolute atomic E-state index is 12.5. The Morgan fingerprint density at radius 2 is 1.83 bits per heavy atom. The molecule has 5 heteroatoms. The molecule has 0 radical (unpaired) electrons. The molecule has 0 atom stereocenters. The van der Waals surface area contributed by atoms with Crippen LogP contribution in [0.25, 0.3) is 0 Å². The molecule has 0 heterocycles. The Morgan fingerprint density at radius 3 is 2.35 bits per heavy atom. The molecular weight excluding hydrogens is 294 g/mol. The molecule has 1 rings (SSSR count). The molecule has 23 heavy (non-hydrogen) atoms. The van der Waals surface area contributed by atoms with Crippen molar-refractivity contribution in [3.63, 3.8) is 0 Å². The largest absolute Gasteiger partial charge is 0.497 e. The second-order valence-electron chi connectivity index (χ2n) is 5.81. The van der Waals surface area contributed by atoms with Gasteiger partial charge >= 0.3 is 5.97 Å². The van der Waals surface area contributed by atoms with E-state index in [9.17, 15) is 9.59 Å². The number of esters is 1. The predicted molar refractivity (Wildman–Crippen MR) is 89.4 cm³/mol. The van der Waals surface area contributed by atoms with E-state index in [0.29, 0.717) is 32.0 Å². The summed E-state index contributed by atoms with van der Waals surface area (Å²) < 4.78 is 10.0. The summed E-state index contributed by atoms with van der Waals surface area (Å²) in [7, 11) is 1.61. The Labute approximate surface area is 138 Å². The van der Waals surface area contributed by atoms with Crippen LogP contribution in [0.15, 0.2) is 24.3 Å². The van der Waals surface area contributed by atoms with E-state index in [1.165, 1.54) is 0 Å². The summed E-state index contributed by atoms with van der Waals surface area (Å²) in [6.45, 7) is 7.28. The molecule has 5 nitrogen and oxygen atoms in total. The average Bonchev–Trinajstić information content (AvgIpc) is 2.52. The lowest BCUT2D eigenvalue weighted by molar-refractivity contribution is -0.144. The summed E-state index contributed by atoms with van der Waals surface area (Å²) in [5.74, 6) is 0.867. The molecular formula is C18H27NO4. The normalized spacial score (nSPS) is 10.5. The zero-order chi connectivity index (χ0) is 17.2. The number of hydrogen-bond acceptors (Lipinski definition) is 4. The number of carbonyl (C=O) groups excluding carboxylic acids is 2. The first-order chi connectivity index (χ1) is 11.0. The highest BCUT2D eigenvalue weighted by Crippen LogP contribution is 2.13. The summed E-state index contributed by atoms with van der Waals surface area (Å²) in [6.07, 6.45) is 0.550. The molecule has 0 fully saturated rings. The van der Waals surface area contributed by atoms with E-state index in [0.717, 1.165) is 11.3 Å². The van der Waals surface area contributed by atoms with Gasteiger partial charge in [-0.15, -0.1) is 0 Å². The maximum atomic E-state index is 12.5. The first-order valence-electron chi connectivity index (χ1n) is 8.02. The molecule has 1 amide bonds. The lowest BCUT2D eigenvalue weighted by Gasteiger charge is -2.24. The molecule has 0 unspecified atom stereocenters. The quantitative estimate of drug-likeness (QED) is 0.656. The Balaban J connectivity index is 2.64. The van der Waals surface area contributed by atoms with E-state index in [1.807, 2.05) is 24.3 Å². The summed E-state index contributed by atoms with van der Waals surface area (Å²) in [5, 5.41) is 0. The Kier molecular flexibility index (Phi) is 8.16. The van der Waals surface area contributed by atoms with Gasteiger partial charge < -0.3 is 14.4 Å². The van der Waals surface area contributed by atoms with Crippen LogP contribution in [0.5, 0.6) is 5.75 Å². The average molecular weight is 321 g/mol. The second kappa shape index (κ2) is 9.87. The van der Waals surface area contributed by atoms with Gasteiger partial charge in [0.25, 0.3) is 0 Å². The van der Waals surface area contributed by atoms with Gasteiger partial charge in [0.05, 0.1) is 26.6 Å². The van der Waals surface area contributed by atoms with E-state index >= 15 is 0 Å². The highest BCUT2D eigenvalue weighted by atomic mass is 16.5. The van der Waals surface area contributed by atoms with Crippen LogP contribution in [0.1, 0.15) is 32.8 Å². The van der Waals surface area contributed by atoms with Gasteiger partial charge in [0.15, 0.2) is 0 Å². The molecule has 0 aliphatic carbocycles. The molecule has 0 aromatic heterocycles. The van der Waals surface area contributed by atoms with E-state index in [1.54, 1.807) is 18.9 Å². The van der Waals surface area contributed by atoms with Crippen molar-refractivity contribution in [2.24, 2.45) is 5.92 Å². The van der Waals surface area contributed by atoms with Crippen molar-refractivity contribution >= 4 is 11.9 Å². The first-order valence-corrected chi connectivity index (χ1v) is 8.02. The Morgan fingerprint density at radius 1 is 1.17 bits per heavy atom. The van der Waals surface area contributed by atoms with Gasteiger partial charge in [-0.1, -0.05) is 26.0 Å². The number of nitrogens with zero attached hydrogens (tertiary/aromatic N) is 1. The summed E-state index contributed by atoms with van der Waals surface area (Å²) in [6, 6.07) is 7.45. The van der Waals surface area contributed by atoms with E-state index in [4.69, 9.17) is 9.47 Å². The van der Waals surface area contributed by atoms with Gasteiger partial charge in [-0.3, -0.25) is 9.59 Å². The van der Waals surface area contributed by atoms with Gasteiger partial charge in [0.1, 0.15) is 5.75 Å². The van der Waals surface area contributed by atoms with Gasteiger partial charge in [-0.2, -0.15) is 0 Å². The molecule has 0 N–H and O–H groups in total. The minimum atomic E-state index is -0.265. The van der Waals surface area contributed by atoms with Crippen LogP contribution < -0.4 is 4.74 Å². The fourth-order valence-corrected chi connectivity index (χ4v) is 2.25. The molecule has 1 aromatic rings. The molecule has 0 bridgehead atoms. The van der Waals surface area contributed by atoms with Crippen molar-refractivity contribution in [2.45, 2.75) is 33.6 Å². The van der Waals surface area contributed by atoms with Crippen LogP contribution in [-0.2, 0) is 20.7 Å². The van der Waals surface area contributed by atoms with E-state index in [2.05, 4.69) is 13.8 Å². The third-order valence-electron chi connectivity index (χ3n) is 3.34. The van der Waals surface area contributed by atoms with Crippen LogP contribution in [0.4, 0.5) is 0 Å². The van der Waals surface area contributed by atoms with Crippen LogP contribution in [0.3, 0.4) is 0 Å². The van der Waals surface area contributed by atoms with E-state index in [-0.39, 0.29) is 18.3 Å². The number of amides is 1. The van der Waals surface area contributed by atoms with Crippen molar-refractivity contribution in [3.8, 4) is 5.75 Å². The smallest absolute Gasteiger partial charge is 0.307 e. The van der Waals surface area contributed by atoms with Crippen molar-refractivity contribution in [2.75, 3.05) is 26.8 Å². The van der Waals surface area contributed by atoms with Gasteiger partial charge in [0, 0.05) is 13.1 Å². The van der Waals surface area contributed by atoms with E-state index < -0.39 is 0 Å². The minimum absolute atomic E-state index is 0.0214.